The number of halogens is 3. The summed E-state index contributed by atoms with van der Waals surface area (Å²) in [6.07, 6.45) is -2.77. The first-order valence-electron chi connectivity index (χ1n) is 11.7. The number of nitrogens with zero attached hydrogens (tertiary/aromatic N) is 3. The van der Waals surface area contributed by atoms with Crippen molar-refractivity contribution >= 4 is 23.0 Å². The molecule has 37 heavy (non-hydrogen) atoms. The number of methoxy groups -OCH3 is 1. The highest BCUT2D eigenvalue weighted by molar-refractivity contribution is 7.80. The highest BCUT2D eigenvalue weighted by atomic mass is 32.1. The molecule has 0 radical (unpaired) electrons. The van der Waals surface area contributed by atoms with Gasteiger partial charge < -0.3 is 19.5 Å². The highest BCUT2D eigenvalue weighted by Gasteiger charge is 2.43. The average molecular weight is 523 g/mol. The average Bonchev–Trinajstić information content (AvgIpc) is 3.38. The van der Waals surface area contributed by atoms with Crippen molar-refractivity contribution in [2.75, 3.05) is 12.0 Å². The molecule has 1 N–H and O–H groups in total. The van der Waals surface area contributed by atoms with E-state index in [9.17, 15) is 13.2 Å². The summed E-state index contributed by atoms with van der Waals surface area (Å²) in [5, 5.41) is 3.90. The Balaban J connectivity index is 1.71. The van der Waals surface area contributed by atoms with Crippen LogP contribution in [0.5, 0.6) is 5.75 Å². The van der Waals surface area contributed by atoms with E-state index in [1.165, 1.54) is 12.1 Å². The summed E-state index contributed by atoms with van der Waals surface area (Å²) in [5.74, 6) is 0.671. The van der Waals surface area contributed by atoms with E-state index in [0.717, 1.165) is 23.0 Å². The van der Waals surface area contributed by atoms with Crippen molar-refractivity contribution in [2.45, 2.75) is 32.1 Å². The maximum atomic E-state index is 13.9. The third kappa shape index (κ3) is 4.44. The SMILES string of the molecule is COc1cccc(N2C(=S)N[C@H](c3ccccn3)[C@@H]2c2cc(C)n(-c3ccccc3C(F)(F)F)c2C)c1. The van der Waals surface area contributed by atoms with Crippen molar-refractivity contribution in [1.29, 1.82) is 0 Å². The Morgan fingerprint density at radius 3 is 2.43 bits per heavy atom. The number of aryl methyl sites for hydroxylation is 1. The minimum Gasteiger partial charge on any atom is -0.497 e. The van der Waals surface area contributed by atoms with Crippen molar-refractivity contribution in [3.63, 3.8) is 0 Å². The van der Waals surface area contributed by atoms with Crippen LogP contribution in [-0.4, -0.2) is 21.8 Å². The van der Waals surface area contributed by atoms with E-state index in [-0.39, 0.29) is 17.8 Å². The van der Waals surface area contributed by atoms with Gasteiger partial charge in [-0.15, -0.1) is 0 Å². The fourth-order valence-corrected chi connectivity index (χ4v) is 5.42. The molecule has 9 heteroatoms. The zero-order valence-electron chi connectivity index (χ0n) is 20.5. The molecule has 2 atom stereocenters. The largest absolute Gasteiger partial charge is 0.497 e. The van der Waals surface area contributed by atoms with Gasteiger partial charge in [-0.3, -0.25) is 4.98 Å². The molecule has 2 aromatic carbocycles. The van der Waals surface area contributed by atoms with Crippen LogP contribution in [0.3, 0.4) is 0 Å². The molecule has 190 valence electrons. The first kappa shape index (κ1) is 24.8. The van der Waals surface area contributed by atoms with Gasteiger partial charge in [0.2, 0.25) is 0 Å². The Labute approximate surface area is 218 Å². The Morgan fingerprint density at radius 1 is 0.973 bits per heavy atom. The van der Waals surface area contributed by atoms with Crippen molar-refractivity contribution in [1.82, 2.24) is 14.9 Å². The summed E-state index contributed by atoms with van der Waals surface area (Å²) in [6.45, 7) is 3.66. The van der Waals surface area contributed by atoms with Gasteiger partial charge in [-0.25, -0.2) is 0 Å². The number of ether oxygens (including phenoxy) is 1. The number of nitrogens with one attached hydrogen (secondary N) is 1. The standard InChI is InChI=1S/C28H25F3N4OS/c1-17-15-21(18(2)34(17)24-13-5-4-11-22(24)28(29,30)31)26-25(23-12-6-7-14-32-23)33-27(37)35(26)19-9-8-10-20(16-19)36-3/h4-16,25-26H,1-3H3,(H,33,37)/t25-,26+/m1/s1. The fraction of sp³-hybridized carbons (Fsp3) is 0.214. The molecule has 0 saturated carbocycles. The number of hydrogen-bond acceptors (Lipinski definition) is 3. The number of para-hydroxylation sites is 1. The summed E-state index contributed by atoms with van der Waals surface area (Å²) in [4.78, 5) is 6.55. The van der Waals surface area contributed by atoms with Gasteiger partial charge in [0.25, 0.3) is 0 Å². The van der Waals surface area contributed by atoms with Gasteiger partial charge in [-0.2, -0.15) is 13.2 Å². The number of rotatable bonds is 5. The highest BCUT2D eigenvalue weighted by Crippen LogP contribution is 2.45. The first-order valence-corrected chi connectivity index (χ1v) is 12.1. The second kappa shape index (κ2) is 9.55. The monoisotopic (exact) mass is 522 g/mol. The summed E-state index contributed by atoms with van der Waals surface area (Å²) < 4.78 is 48.9. The molecule has 0 aliphatic carbocycles. The Hall–Kier alpha value is -3.85. The predicted molar refractivity (Wildman–Crippen MR) is 141 cm³/mol. The Kier molecular flexibility index (Phi) is 6.41. The molecule has 1 saturated heterocycles. The first-order chi connectivity index (χ1) is 17.7. The van der Waals surface area contributed by atoms with Crippen LogP contribution in [-0.2, 0) is 6.18 Å². The van der Waals surface area contributed by atoms with E-state index in [4.69, 9.17) is 17.0 Å². The van der Waals surface area contributed by atoms with Crippen LogP contribution < -0.4 is 15.0 Å². The molecular weight excluding hydrogens is 497 g/mol. The smallest absolute Gasteiger partial charge is 0.418 e. The van der Waals surface area contributed by atoms with Crippen LogP contribution >= 0.6 is 12.2 Å². The van der Waals surface area contributed by atoms with E-state index in [1.807, 2.05) is 67.3 Å². The Morgan fingerprint density at radius 2 is 1.73 bits per heavy atom. The molecule has 3 heterocycles. The number of thiocarbonyl (C=S) groups is 1. The minimum absolute atomic E-state index is 0.0899. The van der Waals surface area contributed by atoms with E-state index in [1.54, 1.807) is 23.9 Å². The normalized spacial score (nSPS) is 17.7. The number of benzene rings is 2. The summed E-state index contributed by atoms with van der Waals surface area (Å²) in [7, 11) is 1.60. The predicted octanol–water partition coefficient (Wildman–Crippen LogP) is 6.69. The molecule has 5 rings (SSSR count). The number of aromatic nitrogens is 2. The molecule has 1 aliphatic heterocycles. The van der Waals surface area contributed by atoms with Crippen molar-refractivity contribution < 1.29 is 17.9 Å². The van der Waals surface area contributed by atoms with Gasteiger partial charge in [0.05, 0.1) is 36.1 Å². The van der Waals surface area contributed by atoms with Gasteiger partial charge in [-0.1, -0.05) is 24.3 Å². The quantitative estimate of drug-likeness (QED) is 0.296. The van der Waals surface area contributed by atoms with Crippen molar-refractivity contribution in [3.05, 3.63) is 107 Å². The van der Waals surface area contributed by atoms with Gasteiger partial charge in [0.1, 0.15) is 5.75 Å². The molecule has 0 unspecified atom stereocenters. The van der Waals surface area contributed by atoms with Gasteiger partial charge >= 0.3 is 6.18 Å². The molecule has 0 bridgehead atoms. The topological polar surface area (TPSA) is 42.3 Å². The lowest BCUT2D eigenvalue weighted by Gasteiger charge is -2.28. The van der Waals surface area contributed by atoms with Crippen molar-refractivity contribution in [3.8, 4) is 11.4 Å². The zero-order chi connectivity index (χ0) is 26.3. The fourth-order valence-electron chi connectivity index (χ4n) is 5.08. The van der Waals surface area contributed by atoms with Gasteiger partial charge in [0, 0.05) is 29.3 Å². The lowest BCUT2D eigenvalue weighted by molar-refractivity contribution is -0.137. The number of alkyl halides is 3. The second-order valence-electron chi connectivity index (χ2n) is 8.87. The lowest BCUT2D eigenvalue weighted by atomic mass is 9.96. The molecule has 1 aliphatic rings. The third-order valence-corrected chi connectivity index (χ3v) is 6.98. The Bertz CT molecular complexity index is 1450. The second-order valence-corrected chi connectivity index (χ2v) is 9.26. The summed E-state index contributed by atoms with van der Waals surface area (Å²) >= 11 is 5.79. The molecule has 5 nitrogen and oxygen atoms in total. The van der Waals surface area contributed by atoms with E-state index in [0.29, 0.717) is 22.2 Å². The van der Waals surface area contributed by atoms with Crippen LogP contribution in [0.2, 0.25) is 0 Å². The minimum atomic E-state index is -4.49. The van der Waals surface area contributed by atoms with E-state index in [2.05, 4.69) is 10.3 Å². The molecule has 0 amide bonds. The summed E-state index contributed by atoms with van der Waals surface area (Å²) in [6, 6.07) is 20.1. The van der Waals surface area contributed by atoms with Crippen LogP contribution in [0.1, 0.15) is 40.3 Å². The van der Waals surface area contributed by atoms with Crippen LogP contribution in [0.25, 0.3) is 5.69 Å². The van der Waals surface area contributed by atoms with E-state index >= 15 is 0 Å². The van der Waals surface area contributed by atoms with Crippen molar-refractivity contribution in [2.24, 2.45) is 0 Å². The van der Waals surface area contributed by atoms with Gasteiger partial charge in [0.15, 0.2) is 5.11 Å². The number of pyridine rings is 1. The number of hydrogen-bond donors (Lipinski definition) is 1. The molecule has 0 spiro atoms. The summed E-state index contributed by atoms with van der Waals surface area (Å²) in [5.41, 5.74) is 3.22. The third-order valence-electron chi connectivity index (χ3n) is 6.67. The lowest BCUT2D eigenvalue weighted by Crippen LogP contribution is -2.29. The van der Waals surface area contributed by atoms with Crippen LogP contribution in [0.4, 0.5) is 18.9 Å². The molecule has 2 aromatic heterocycles. The molecule has 1 fully saturated rings. The molecular formula is C28H25F3N4OS. The van der Waals surface area contributed by atoms with E-state index < -0.39 is 11.7 Å². The zero-order valence-corrected chi connectivity index (χ0v) is 21.3. The van der Waals surface area contributed by atoms with Crippen LogP contribution in [0.15, 0.2) is 79.0 Å². The maximum absolute atomic E-state index is 13.9. The van der Waals surface area contributed by atoms with Gasteiger partial charge in [-0.05, 0) is 74.1 Å². The van der Waals surface area contributed by atoms with Crippen LogP contribution in [0, 0.1) is 13.8 Å². The maximum Gasteiger partial charge on any atom is 0.418 e. The number of anilines is 1. The molecule has 4 aromatic rings.